The molecule has 1 atom stereocenters. The summed E-state index contributed by atoms with van der Waals surface area (Å²) in [5.41, 5.74) is 4.15. The van der Waals surface area contributed by atoms with Crippen LogP contribution in [0.15, 0.2) is 36.9 Å². The van der Waals surface area contributed by atoms with Crippen LogP contribution < -0.4 is 4.90 Å². The van der Waals surface area contributed by atoms with E-state index in [-0.39, 0.29) is 12.6 Å². The Labute approximate surface area is 152 Å². The molecular weight excluding hydrogens is 328 g/mol. The molecule has 0 spiro atoms. The van der Waals surface area contributed by atoms with Gasteiger partial charge in [-0.2, -0.15) is 0 Å². The van der Waals surface area contributed by atoms with Crippen LogP contribution in [0.25, 0.3) is 11.2 Å². The van der Waals surface area contributed by atoms with E-state index in [1.807, 2.05) is 0 Å². The van der Waals surface area contributed by atoms with E-state index in [1.165, 1.54) is 11.1 Å². The first kappa shape index (κ1) is 16.9. The maximum atomic E-state index is 9.55. The highest BCUT2D eigenvalue weighted by Crippen LogP contribution is 2.24. The number of rotatable bonds is 5. The fourth-order valence-corrected chi connectivity index (χ4v) is 3.64. The van der Waals surface area contributed by atoms with E-state index >= 15 is 0 Å². The number of aromatic amines is 1. The molecule has 26 heavy (non-hydrogen) atoms. The summed E-state index contributed by atoms with van der Waals surface area (Å²) in [6.07, 6.45) is 3.97. The molecule has 1 aliphatic heterocycles. The molecule has 7 heteroatoms. The van der Waals surface area contributed by atoms with Crippen molar-refractivity contribution in [3.63, 3.8) is 0 Å². The second-order valence-electron chi connectivity index (χ2n) is 6.87. The monoisotopic (exact) mass is 352 g/mol. The molecule has 0 aliphatic carbocycles. The highest BCUT2D eigenvalue weighted by molar-refractivity contribution is 5.82. The quantitative estimate of drug-likeness (QED) is 0.728. The zero-order chi connectivity index (χ0) is 17.9. The van der Waals surface area contributed by atoms with Crippen molar-refractivity contribution in [2.24, 2.45) is 0 Å². The van der Waals surface area contributed by atoms with Crippen LogP contribution in [-0.2, 0) is 6.54 Å². The van der Waals surface area contributed by atoms with Gasteiger partial charge in [-0.05, 0) is 18.9 Å². The molecule has 0 amide bonds. The number of imidazole rings is 1. The highest BCUT2D eigenvalue weighted by atomic mass is 16.3. The lowest BCUT2D eigenvalue weighted by Crippen LogP contribution is -2.53. The normalized spacial score (nSPS) is 18.5. The standard InChI is InChI=1S/C19H24N6O/c1-14-2-4-15(5-3-14)10-24-7-8-25(11-16(24)6-9-26)19-17-18(21-12-20-17)22-13-23-19/h2-5,12-13,16,26H,6-11H2,1H3,(H,20,21,22,23)/t16-/m1/s1. The molecule has 3 aromatic rings. The third-order valence-electron chi connectivity index (χ3n) is 5.08. The van der Waals surface area contributed by atoms with Crippen LogP contribution in [0, 0.1) is 6.92 Å². The van der Waals surface area contributed by atoms with E-state index in [4.69, 9.17) is 0 Å². The van der Waals surface area contributed by atoms with Gasteiger partial charge in [0, 0.05) is 38.8 Å². The lowest BCUT2D eigenvalue weighted by Gasteiger charge is -2.42. The summed E-state index contributed by atoms with van der Waals surface area (Å²) in [6, 6.07) is 8.97. The predicted molar refractivity (Wildman–Crippen MR) is 101 cm³/mol. The van der Waals surface area contributed by atoms with E-state index in [9.17, 15) is 5.11 Å². The fourth-order valence-electron chi connectivity index (χ4n) is 3.64. The first-order chi connectivity index (χ1) is 12.7. The molecule has 136 valence electrons. The zero-order valence-electron chi connectivity index (χ0n) is 15.0. The molecule has 0 bridgehead atoms. The number of hydrogen-bond acceptors (Lipinski definition) is 6. The first-order valence-corrected chi connectivity index (χ1v) is 9.04. The van der Waals surface area contributed by atoms with E-state index in [0.29, 0.717) is 5.65 Å². The second kappa shape index (κ2) is 7.39. The summed E-state index contributed by atoms with van der Waals surface area (Å²) in [6.45, 7) is 5.85. The van der Waals surface area contributed by atoms with Gasteiger partial charge in [0.1, 0.15) is 11.8 Å². The lowest BCUT2D eigenvalue weighted by atomic mass is 10.1. The van der Waals surface area contributed by atoms with Gasteiger partial charge in [-0.25, -0.2) is 15.0 Å². The summed E-state index contributed by atoms with van der Waals surface area (Å²) in [7, 11) is 0. The van der Waals surface area contributed by atoms with Gasteiger partial charge < -0.3 is 15.0 Å². The van der Waals surface area contributed by atoms with Crippen molar-refractivity contribution < 1.29 is 5.11 Å². The molecular formula is C19H24N6O. The molecule has 2 aromatic heterocycles. The van der Waals surface area contributed by atoms with Crippen LogP contribution in [0.3, 0.4) is 0 Å². The predicted octanol–water partition coefficient (Wildman–Crippen LogP) is 1.73. The Morgan fingerprint density at radius 1 is 1.15 bits per heavy atom. The fraction of sp³-hybridized carbons (Fsp3) is 0.421. The van der Waals surface area contributed by atoms with Crippen molar-refractivity contribution in [1.82, 2.24) is 24.8 Å². The molecule has 0 unspecified atom stereocenters. The number of benzene rings is 1. The van der Waals surface area contributed by atoms with Gasteiger partial charge in [-0.3, -0.25) is 4.90 Å². The number of hydrogen-bond donors (Lipinski definition) is 2. The summed E-state index contributed by atoms with van der Waals surface area (Å²) >= 11 is 0. The number of nitrogens with one attached hydrogen (secondary N) is 1. The third-order valence-corrected chi connectivity index (χ3v) is 5.08. The minimum atomic E-state index is 0.187. The molecule has 1 fully saturated rings. The minimum absolute atomic E-state index is 0.187. The van der Waals surface area contributed by atoms with Crippen molar-refractivity contribution in [3.8, 4) is 0 Å². The Bertz CT molecular complexity index is 862. The van der Waals surface area contributed by atoms with Crippen molar-refractivity contribution in [3.05, 3.63) is 48.0 Å². The largest absolute Gasteiger partial charge is 0.396 e. The van der Waals surface area contributed by atoms with Gasteiger partial charge in [-0.1, -0.05) is 29.8 Å². The molecule has 0 saturated carbocycles. The summed E-state index contributed by atoms with van der Waals surface area (Å²) in [5.74, 6) is 0.894. The maximum absolute atomic E-state index is 9.55. The maximum Gasteiger partial charge on any atom is 0.182 e. The minimum Gasteiger partial charge on any atom is -0.396 e. The van der Waals surface area contributed by atoms with Gasteiger partial charge in [0.25, 0.3) is 0 Å². The number of H-pyrrole nitrogens is 1. The Kier molecular flexibility index (Phi) is 4.81. The van der Waals surface area contributed by atoms with Crippen molar-refractivity contribution >= 4 is 17.0 Å². The number of aryl methyl sites for hydroxylation is 1. The third kappa shape index (κ3) is 3.40. The zero-order valence-corrected chi connectivity index (χ0v) is 15.0. The summed E-state index contributed by atoms with van der Waals surface area (Å²) < 4.78 is 0. The van der Waals surface area contributed by atoms with Gasteiger partial charge in [-0.15, -0.1) is 0 Å². The summed E-state index contributed by atoms with van der Waals surface area (Å²) in [5, 5.41) is 9.55. The first-order valence-electron chi connectivity index (χ1n) is 9.04. The number of nitrogens with zero attached hydrogens (tertiary/aromatic N) is 5. The molecule has 1 saturated heterocycles. The average molecular weight is 352 g/mol. The van der Waals surface area contributed by atoms with Crippen LogP contribution in [0.5, 0.6) is 0 Å². The van der Waals surface area contributed by atoms with Gasteiger partial charge in [0.15, 0.2) is 11.5 Å². The van der Waals surface area contributed by atoms with Crippen LogP contribution in [0.2, 0.25) is 0 Å². The topological polar surface area (TPSA) is 81.2 Å². The lowest BCUT2D eigenvalue weighted by molar-refractivity contribution is 0.135. The molecule has 1 aromatic carbocycles. The Morgan fingerprint density at radius 3 is 2.81 bits per heavy atom. The average Bonchev–Trinajstić information content (AvgIpc) is 3.14. The number of aliphatic hydroxyl groups is 1. The van der Waals surface area contributed by atoms with Crippen molar-refractivity contribution in [1.29, 1.82) is 0 Å². The number of aromatic nitrogens is 4. The second-order valence-corrected chi connectivity index (χ2v) is 6.87. The number of fused-ring (bicyclic) bond motifs is 1. The van der Waals surface area contributed by atoms with E-state index in [0.717, 1.165) is 43.9 Å². The molecule has 0 radical (unpaired) electrons. The summed E-state index contributed by atoms with van der Waals surface area (Å²) in [4.78, 5) is 20.8. The van der Waals surface area contributed by atoms with Crippen molar-refractivity contribution in [2.75, 3.05) is 31.1 Å². The SMILES string of the molecule is Cc1ccc(CN2CCN(c3ncnc4nc[nH]c34)C[C@H]2CCO)cc1. The number of anilines is 1. The number of aliphatic hydroxyl groups excluding tert-OH is 1. The van der Waals surface area contributed by atoms with Gasteiger partial charge >= 0.3 is 0 Å². The highest BCUT2D eigenvalue weighted by Gasteiger charge is 2.28. The van der Waals surface area contributed by atoms with Gasteiger partial charge in [0.05, 0.1) is 6.33 Å². The van der Waals surface area contributed by atoms with Gasteiger partial charge in [0.2, 0.25) is 0 Å². The van der Waals surface area contributed by atoms with Crippen LogP contribution in [0.4, 0.5) is 5.82 Å². The van der Waals surface area contributed by atoms with E-state index in [1.54, 1.807) is 12.7 Å². The molecule has 4 rings (SSSR count). The van der Waals surface area contributed by atoms with Crippen LogP contribution >= 0.6 is 0 Å². The van der Waals surface area contributed by atoms with Crippen molar-refractivity contribution in [2.45, 2.75) is 25.9 Å². The van der Waals surface area contributed by atoms with E-state index in [2.05, 4.69) is 60.9 Å². The Hall–Kier alpha value is -2.51. The van der Waals surface area contributed by atoms with Crippen LogP contribution in [-0.4, -0.2) is 62.2 Å². The van der Waals surface area contributed by atoms with Crippen LogP contribution in [0.1, 0.15) is 17.5 Å². The Morgan fingerprint density at radius 2 is 2.00 bits per heavy atom. The molecule has 7 nitrogen and oxygen atoms in total. The Balaban J connectivity index is 1.52. The molecule has 2 N–H and O–H groups in total. The number of piperazine rings is 1. The smallest absolute Gasteiger partial charge is 0.182 e. The van der Waals surface area contributed by atoms with E-state index < -0.39 is 0 Å². The molecule has 1 aliphatic rings. The molecule has 3 heterocycles.